The molecule has 0 spiro atoms. The van der Waals surface area contributed by atoms with Crippen LogP contribution >= 0.6 is 34.8 Å². The van der Waals surface area contributed by atoms with Crippen LogP contribution in [0.2, 0.25) is 15.1 Å². The first kappa shape index (κ1) is 21.2. The number of halogens is 3. The molecule has 1 fully saturated rings. The third-order valence-electron chi connectivity index (χ3n) is 4.87. The van der Waals surface area contributed by atoms with E-state index in [0.29, 0.717) is 52.6 Å². The molecule has 0 atom stereocenters. The Morgan fingerprint density at radius 2 is 1.70 bits per heavy atom. The average molecular weight is 466 g/mol. The van der Waals surface area contributed by atoms with Crippen LogP contribution in [0.4, 0.5) is 0 Å². The molecular weight excluding hydrogens is 447 g/mol. The summed E-state index contributed by atoms with van der Waals surface area (Å²) in [7, 11) is 1.80. The van der Waals surface area contributed by atoms with Crippen molar-refractivity contribution >= 4 is 40.7 Å². The molecule has 0 unspecified atom stereocenters. The minimum absolute atomic E-state index is 0.271. The fourth-order valence-corrected chi connectivity index (χ4v) is 4.00. The second-order valence-electron chi connectivity index (χ2n) is 6.86. The zero-order valence-corrected chi connectivity index (χ0v) is 18.4. The molecule has 1 saturated heterocycles. The van der Waals surface area contributed by atoms with E-state index in [1.54, 1.807) is 41.9 Å². The van der Waals surface area contributed by atoms with Crippen molar-refractivity contribution < 1.29 is 9.53 Å². The summed E-state index contributed by atoms with van der Waals surface area (Å²) in [4.78, 5) is 17.7. The minimum atomic E-state index is -0.300. The molecule has 0 bridgehead atoms. The smallest absolute Gasteiger partial charge is 0.301 e. The van der Waals surface area contributed by atoms with Crippen molar-refractivity contribution in [2.45, 2.75) is 0 Å². The molecule has 2 heterocycles. The Hall–Kier alpha value is -2.09. The topological polar surface area (TPSA) is 59.4 Å². The summed E-state index contributed by atoms with van der Waals surface area (Å²) in [6, 6.07) is 12.6. The van der Waals surface area contributed by atoms with Crippen molar-refractivity contribution in [2.24, 2.45) is 7.05 Å². The highest BCUT2D eigenvalue weighted by Gasteiger charge is 2.25. The first-order valence-corrected chi connectivity index (χ1v) is 10.5. The second-order valence-corrected chi connectivity index (χ2v) is 8.14. The van der Waals surface area contributed by atoms with Crippen LogP contribution in [0.3, 0.4) is 0 Å². The first-order chi connectivity index (χ1) is 14.4. The number of hydrogen-bond donors (Lipinski definition) is 1. The number of ether oxygens (including phenoxy) is 1. The molecule has 1 aliphatic heterocycles. The van der Waals surface area contributed by atoms with Gasteiger partial charge in [0.05, 0.1) is 29.6 Å². The molecule has 156 valence electrons. The van der Waals surface area contributed by atoms with Crippen molar-refractivity contribution in [3.05, 3.63) is 63.4 Å². The first-order valence-electron chi connectivity index (χ1n) is 9.36. The average Bonchev–Trinajstić information content (AvgIpc) is 3.06. The Labute approximate surface area is 189 Å². The summed E-state index contributed by atoms with van der Waals surface area (Å²) in [6.07, 6.45) is 0. The van der Waals surface area contributed by atoms with E-state index in [9.17, 15) is 4.79 Å². The van der Waals surface area contributed by atoms with Crippen LogP contribution in [-0.2, 0) is 11.8 Å². The Morgan fingerprint density at radius 1 is 1.03 bits per heavy atom. The van der Waals surface area contributed by atoms with E-state index < -0.39 is 0 Å². The third-order valence-corrected chi connectivity index (χ3v) is 5.67. The summed E-state index contributed by atoms with van der Waals surface area (Å²) in [5, 5.41) is 3.43. The lowest BCUT2D eigenvalue weighted by Crippen LogP contribution is -2.48. The molecule has 0 saturated carbocycles. The summed E-state index contributed by atoms with van der Waals surface area (Å²) >= 11 is 18.6. The molecule has 1 amide bonds. The van der Waals surface area contributed by atoms with Gasteiger partial charge < -0.3 is 9.30 Å². The predicted molar refractivity (Wildman–Crippen MR) is 119 cm³/mol. The van der Waals surface area contributed by atoms with Crippen LogP contribution < -0.4 is 5.43 Å². The summed E-state index contributed by atoms with van der Waals surface area (Å²) < 4.78 is 7.10. The van der Waals surface area contributed by atoms with E-state index >= 15 is 0 Å². The van der Waals surface area contributed by atoms with Crippen LogP contribution in [-0.4, -0.2) is 46.8 Å². The van der Waals surface area contributed by atoms with Gasteiger partial charge in [0.1, 0.15) is 0 Å². The molecule has 4 rings (SSSR count). The number of hydrazine groups is 1. The molecule has 0 aliphatic carbocycles. The summed E-state index contributed by atoms with van der Waals surface area (Å²) in [6.45, 7) is 2.39. The number of morpholine rings is 1. The Kier molecular flexibility index (Phi) is 6.32. The second kappa shape index (κ2) is 8.96. The number of rotatable bonds is 4. The molecule has 0 radical (unpaired) electrons. The Morgan fingerprint density at radius 3 is 2.37 bits per heavy atom. The lowest BCUT2D eigenvalue weighted by molar-refractivity contribution is 0.0122. The largest absolute Gasteiger partial charge is 0.379 e. The van der Waals surface area contributed by atoms with Crippen LogP contribution in [0.1, 0.15) is 10.6 Å². The quantitative estimate of drug-likeness (QED) is 0.607. The Balaban J connectivity index is 1.80. The minimum Gasteiger partial charge on any atom is -0.379 e. The summed E-state index contributed by atoms with van der Waals surface area (Å²) in [5.41, 5.74) is 5.80. The highest BCUT2D eigenvalue weighted by molar-refractivity contribution is 6.36. The van der Waals surface area contributed by atoms with Crippen molar-refractivity contribution in [2.75, 3.05) is 26.3 Å². The highest BCUT2D eigenvalue weighted by Crippen LogP contribution is 2.37. The zero-order chi connectivity index (χ0) is 21.3. The molecule has 1 aromatic heterocycles. The molecule has 30 heavy (non-hydrogen) atoms. The number of carbonyl (C=O) groups excluding carboxylic acids is 1. The van der Waals surface area contributed by atoms with Crippen LogP contribution in [0.25, 0.3) is 22.5 Å². The van der Waals surface area contributed by atoms with Crippen molar-refractivity contribution in [1.82, 2.24) is 20.0 Å². The Bertz CT molecular complexity index is 1080. The van der Waals surface area contributed by atoms with E-state index in [-0.39, 0.29) is 11.7 Å². The maximum absolute atomic E-state index is 13.0. The van der Waals surface area contributed by atoms with E-state index in [1.807, 2.05) is 17.1 Å². The lowest BCUT2D eigenvalue weighted by Gasteiger charge is -2.26. The maximum Gasteiger partial charge on any atom is 0.301 e. The van der Waals surface area contributed by atoms with Gasteiger partial charge in [-0.1, -0.05) is 46.9 Å². The molecule has 3 aromatic rings. The van der Waals surface area contributed by atoms with Gasteiger partial charge in [0, 0.05) is 41.3 Å². The standard InChI is InChI=1S/C21H19Cl3N4O2/c1-27-19(13-2-4-14(22)5-3-13)18(16-7-6-15(23)12-17(16)24)25-20(27)21(29)26-28-8-10-30-11-9-28/h2-7,12H,8-11H2,1H3,(H,26,29). The van der Waals surface area contributed by atoms with E-state index in [2.05, 4.69) is 10.4 Å². The van der Waals surface area contributed by atoms with Gasteiger partial charge in [0.2, 0.25) is 5.82 Å². The SMILES string of the molecule is Cn1c(C(=O)NN2CCOCC2)nc(-c2ccc(Cl)cc2Cl)c1-c1ccc(Cl)cc1. The predicted octanol–water partition coefficient (Wildman–Crippen LogP) is 4.69. The number of amides is 1. The van der Waals surface area contributed by atoms with Gasteiger partial charge in [0.25, 0.3) is 0 Å². The van der Waals surface area contributed by atoms with Gasteiger partial charge in [0.15, 0.2) is 0 Å². The number of carbonyl (C=O) groups is 1. The molecule has 1 N–H and O–H groups in total. The van der Waals surface area contributed by atoms with Crippen molar-refractivity contribution in [3.8, 4) is 22.5 Å². The number of imidazole rings is 1. The zero-order valence-electron chi connectivity index (χ0n) is 16.2. The van der Waals surface area contributed by atoms with Gasteiger partial charge in [-0.15, -0.1) is 0 Å². The van der Waals surface area contributed by atoms with Crippen LogP contribution in [0.15, 0.2) is 42.5 Å². The lowest BCUT2D eigenvalue weighted by atomic mass is 10.0. The third kappa shape index (κ3) is 4.33. The summed E-state index contributed by atoms with van der Waals surface area (Å²) in [5.74, 6) is -0.0293. The molecule has 1 aliphatic rings. The number of hydrogen-bond acceptors (Lipinski definition) is 4. The van der Waals surface area contributed by atoms with Crippen LogP contribution in [0, 0.1) is 0 Å². The van der Waals surface area contributed by atoms with Gasteiger partial charge in [-0.2, -0.15) is 0 Å². The number of benzene rings is 2. The van der Waals surface area contributed by atoms with E-state index in [1.165, 1.54) is 0 Å². The molecule has 9 heteroatoms. The normalized spacial score (nSPS) is 14.7. The van der Waals surface area contributed by atoms with E-state index in [4.69, 9.17) is 39.5 Å². The van der Waals surface area contributed by atoms with Crippen molar-refractivity contribution in [3.63, 3.8) is 0 Å². The monoisotopic (exact) mass is 464 g/mol. The van der Waals surface area contributed by atoms with E-state index in [0.717, 1.165) is 11.3 Å². The highest BCUT2D eigenvalue weighted by atomic mass is 35.5. The number of aromatic nitrogens is 2. The fraction of sp³-hybridized carbons (Fsp3) is 0.238. The maximum atomic E-state index is 13.0. The molecular formula is C21H19Cl3N4O2. The fourth-order valence-electron chi connectivity index (χ4n) is 3.38. The molecule has 6 nitrogen and oxygen atoms in total. The number of nitrogens with one attached hydrogen (secondary N) is 1. The van der Waals surface area contributed by atoms with Gasteiger partial charge in [-0.3, -0.25) is 10.2 Å². The number of nitrogens with zero attached hydrogens (tertiary/aromatic N) is 3. The molecule has 2 aromatic carbocycles. The van der Waals surface area contributed by atoms with Gasteiger partial charge >= 0.3 is 5.91 Å². The van der Waals surface area contributed by atoms with Crippen molar-refractivity contribution in [1.29, 1.82) is 0 Å². The van der Waals surface area contributed by atoms with Gasteiger partial charge in [-0.05, 0) is 30.3 Å². The van der Waals surface area contributed by atoms with Gasteiger partial charge in [-0.25, -0.2) is 9.99 Å². The van der Waals surface area contributed by atoms with Crippen LogP contribution in [0.5, 0.6) is 0 Å².